The van der Waals surface area contributed by atoms with Crippen LogP contribution in [0.3, 0.4) is 0 Å². The van der Waals surface area contributed by atoms with E-state index in [1.54, 1.807) is 11.6 Å². The van der Waals surface area contributed by atoms with Crippen molar-refractivity contribution in [2.75, 3.05) is 0 Å². The number of aromatic nitrogens is 2. The Bertz CT molecular complexity index is 749. The van der Waals surface area contributed by atoms with Gasteiger partial charge in [-0.2, -0.15) is 0 Å². The molecular weight excluding hydrogens is 298 g/mol. The minimum atomic E-state index is -3.56. The number of hydrogen-bond acceptors (Lipinski definition) is 3. The minimum Gasteiger partial charge on any atom is -0.339 e. The zero-order chi connectivity index (χ0) is 16.3. The Kier molecular flexibility index (Phi) is 5.03. The van der Waals surface area contributed by atoms with E-state index in [2.05, 4.69) is 36.5 Å². The first-order chi connectivity index (χ1) is 10.3. The molecule has 0 saturated heterocycles. The lowest BCUT2D eigenvalue weighted by Gasteiger charge is -2.11. The van der Waals surface area contributed by atoms with E-state index in [0.717, 1.165) is 12.0 Å². The van der Waals surface area contributed by atoms with E-state index in [1.165, 1.54) is 23.7 Å². The molecule has 22 heavy (non-hydrogen) atoms. The van der Waals surface area contributed by atoms with Crippen molar-refractivity contribution < 1.29 is 8.42 Å². The molecule has 2 rings (SSSR count). The summed E-state index contributed by atoms with van der Waals surface area (Å²) in [6, 6.07) is 6.10. The topological polar surface area (TPSA) is 64.0 Å². The van der Waals surface area contributed by atoms with Crippen LogP contribution in [0.25, 0.3) is 0 Å². The van der Waals surface area contributed by atoms with Crippen molar-refractivity contribution in [3.63, 3.8) is 0 Å². The predicted molar refractivity (Wildman–Crippen MR) is 87.0 cm³/mol. The average molecular weight is 321 g/mol. The number of sulfonamides is 1. The Morgan fingerprint density at radius 2 is 2.05 bits per heavy atom. The van der Waals surface area contributed by atoms with Gasteiger partial charge in [0.05, 0.1) is 6.33 Å². The van der Waals surface area contributed by atoms with Crippen LogP contribution in [-0.2, 0) is 30.0 Å². The first kappa shape index (κ1) is 16.7. The van der Waals surface area contributed by atoms with Gasteiger partial charge < -0.3 is 4.57 Å². The van der Waals surface area contributed by atoms with Crippen molar-refractivity contribution in [3.8, 4) is 0 Å². The molecule has 120 valence electrons. The molecule has 1 N–H and O–H groups in total. The molecule has 5 nitrogen and oxygen atoms in total. The summed E-state index contributed by atoms with van der Waals surface area (Å²) in [5.74, 6) is 0.604. The van der Waals surface area contributed by atoms with Crippen LogP contribution in [0.1, 0.15) is 30.5 Å². The zero-order valence-corrected chi connectivity index (χ0v) is 14.3. The van der Waals surface area contributed by atoms with E-state index in [1.807, 2.05) is 12.1 Å². The van der Waals surface area contributed by atoms with Gasteiger partial charge >= 0.3 is 0 Å². The molecule has 0 aliphatic rings. The Balaban J connectivity index is 2.07. The highest BCUT2D eigenvalue weighted by atomic mass is 32.2. The average Bonchev–Trinajstić information content (AvgIpc) is 2.86. The molecule has 1 heterocycles. The molecule has 0 unspecified atom stereocenters. The maximum absolute atomic E-state index is 12.1. The summed E-state index contributed by atoms with van der Waals surface area (Å²) in [4.78, 5) is 3.88. The second-order valence-corrected chi connectivity index (χ2v) is 7.77. The molecule has 0 saturated carbocycles. The van der Waals surface area contributed by atoms with Gasteiger partial charge in [0.15, 0.2) is 5.03 Å². The van der Waals surface area contributed by atoms with Gasteiger partial charge in [-0.1, -0.05) is 32.0 Å². The molecule has 0 bridgehead atoms. The highest BCUT2D eigenvalue weighted by molar-refractivity contribution is 7.89. The number of imidazole rings is 1. The van der Waals surface area contributed by atoms with E-state index in [-0.39, 0.29) is 11.6 Å². The third-order valence-corrected chi connectivity index (χ3v) is 4.74. The van der Waals surface area contributed by atoms with Crippen molar-refractivity contribution in [2.24, 2.45) is 13.0 Å². The third kappa shape index (κ3) is 4.18. The smallest absolute Gasteiger partial charge is 0.259 e. The summed E-state index contributed by atoms with van der Waals surface area (Å²) in [7, 11) is -1.82. The minimum absolute atomic E-state index is 0.0446. The van der Waals surface area contributed by atoms with E-state index in [9.17, 15) is 8.42 Å². The number of rotatable bonds is 6. The maximum atomic E-state index is 12.1. The quantitative estimate of drug-likeness (QED) is 0.888. The molecule has 0 radical (unpaired) electrons. The van der Waals surface area contributed by atoms with Crippen LogP contribution in [0.15, 0.2) is 35.7 Å². The molecule has 0 aliphatic carbocycles. The molecule has 0 fully saturated rings. The van der Waals surface area contributed by atoms with Gasteiger partial charge in [0, 0.05) is 19.8 Å². The van der Waals surface area contributed by atoms with Crippen LogP contribution in [-0.4, -0.2) is 18.0 Å². The monoisotopic (exact) mass is 321 g/mol. The fourth-order valence-electron chi connectivity index (χ4n) is 2.32. The lowest BCUT2D eigenvalue weighted by molar-refractivity contribution is 0.578. The normalized spacial score (nSPS) is 12.0. The van der Waals surface area contributed by atoms with E-state index >= 15 is 0 Å². The maximum Gasteiger partial charge on any atom is 0.259 e. The summed E-state index contributed by atoms with van der Waals surface area (Å²) in [6.45, 7) is 6.71. The molecule has 6 heteroatoms. The Hall–Kier alpha value is -1.66. The fraction of sp³-hybridized carbons (Fsp3) is 0.438. The van der Waals surface area contributed by atoms with Crippen molar-refractivity contribution in [1.82, 2.24) is 14.3 Å². The first-order valence-corrected chi connectivity index (χ1v) is 8.82. The Labute approximate surface area is 132 Å². The number of hydrogen-bond donors (Lipinski definition) is 1. The predicted octanol–water partition coefficient (Wildman–Crippen LogP) is 2.41. The van der Waals surface area contributed by atoms with Crippen molar-refractivity contribution >= 4 is 10.0 Å². The molecule has 0 amide bonds. The first-order valence-electron chi connectivity index (χ1n) is 7.34. The summed E-state index contributed by atoms with van der Waals surface area (Å²) in [5.41, 5.74) is 3.46. The van der Waals surface area contributed by atoms with Gasteiger partial charge in [-0.3, -0.25) is 0 Å². The van der Waals surface area contributed by atoms with Gasteiger partial charge in [-0.15, -0.1) is 0 Å². The van der Waals surface area contributed by atoms with Crippen LogP contribution in [0.5, 0.6) is 0 Å². The molecule has 1 aromatic heterocycles. The molecule has 0 spiro atoms. The molecule has 2 aromatic rings. The summed E-state index contributed by atoms with van der Waals surface area (Å²) in [6.07, 6.45) is 3.99. The second-order valence-electron chi connectivity index (χ2n) is 6.06. The summed E-state index contributed by atoms with van der Waals surface area (Å²) < 4.78 is 28.5. The Morgan fingerprint density at radius 3 is 2.59 bits per heavy atom. The number of nitrogens with zero attached hydrogens (tertiary/aromatic N) is 2. The summed E-state index contributed by atoms with van der Waals surface area (Å²) >= 11 is 0. The van der Waals surface area contributed by atoms with Crippen LogP contribution < -0.4 is 4.72 Å². The number of aryl methyl sites for hydroxylation is 2. The lowest BCUT2D eigenvalue weighted by Crippen LogP contribution is -2.23. The molecule has 0 aliphatic heterocycles. The van der Waals surface area contributed by atoms with E-state index in [4.69, 9.17) is 0 Å². The highest BCUT2D eigenvalue weighted by Crippen LogP contribution is 2.16. The van der Waals surface area contributed by atoms with Gasteiger partial charge in [0.2, 0.25) is 0 Å². The standard InChI is InChI=1S/C16H23N3O2S/c1-12(2)7-15-6-5-14(8-13(15)3)9-18-22(20,21)16-10-19(4)11-17-16/h5-6,8,10-12,18H,7,9H2,1-4H3. The Morgan fingerprint density at radius 1 is 1.32 bits per heavy atom. The van der Waals surface area contributed by atoms with Gasteiger partial charge in [-0.25, -0.2) is 18.1 Å². The lowest BCUT2D eigenvalue weighted by atomic mass is 9.97. The highest BCUT2D eigenvalue weighted by Gasteiger charge is 2.16. The van der Waals surface area contributed by atoms with E-state index < -0.39 is 10.0 Å². The van der Waals surface area contributed by atoms with Crippen molar-refractivity contribution in [1.29, 1.82) is 0 Å². The largest absolute Gasteiger partial charge is 0.339 e. The third-order valence-electron chi connectivity index (χ3n) is 3.46. The zero-order valence-electron chi connectivity index (χ0n) is 13.5. The number of nitrogens with one attached hydrogen (secondary N) is 1. The van der Waals surface area contributed by atoms with Crippen LogP contribution >= 0.6 is 0 Å². The van der Waals surface area contributed by atoms with Gasteiger partial charge in [0.25, 0.3) is 10.0 Å². The molecule has 0 atom stereocenters. The number of benzene rings is 1. The van der Waals surface area contributed by atoms with Crippen molar-refractivity contribution in [2.45, 2.75) is 38.8 Å². The van der Waals surface area contributed by atoms with Crippen LogP contribution in [0.4, 0.5) is 0 Å². The summed E-state index contributed by atoms with van der Waals surface area (Å²) in [5, 5.41) is 0.0446. The van der Waals surface area contributed by atoms with Crippen LogP contribution in [0, 0.1) is 12.8 Å². The SMILES string of the molecule is Cc1cc(CNS(=O)(=O)c2cn(C)cn2)ccc1CC(C)C. The van der Waals surface area contributed by atoms with Crippen molar-refractivity contribution in [3.05, 3.63) is 47.4 Å². The molecular formula is C16H23N3O2S. The fourth-order valence-corrected chi connectivity index (χ4v) is 3.31. The van der Waals surface area contributed by atoms with Crippen LogP contribution in [0.2, 0.25) is 0 Å². The van der Waals surface area contributed by atoms with Gasteiger partial charge in [0.1, 0.15) is 0 Å². The second kappa shape index (κ2) is 6.62. The molecule has 1 aromatic carbocycles. The van der Waals surface area contributed by atoms with Gasteiger partial charge in [-0.05, 0) is 36.0 Å². The van der Waals surface area contributed by atoms with E-state index in [0.29, 0.717) is 5.92 Å².